The van der Waals surface area contributed by atoms with Crippen LogP contribution in [0.5, 0.6) is 0 Å². The summed E-state index contributed by atoms with van der Waals surface area (Å²) in [5.41, 5.74) is 3.02. The van der Waals surface area contributed by atoms with Crippen LogP contribution in [0.15, 0.2) is 36.9 Å². The molecule has 3 rings (SSSR count). The Morgan fingerprint density at radius 2 is 2.11 bits per heavy atom. The first-order valence-corrected chi connectivity index (χ1v) is 6.59. The fraction of sp³-hybridized carbons (Fsp3) is 0.333. The summed E-state index contributed by atoms with van der Waals surface area (Å²) in [7, 11) is 0. The molecule has 19 heavy (non-hydrogen) atoms. The summed E-state index contributed by atoms with van der Waals surface area (Å²) in [6.45, 7) is 0.710. The molecule has 0 aliphatic heterocycles. The van der Waals surface area contributed by atoms with Crippen molar-refractivity contribution in [3.63, 3.8) is 0 Å². The van der Waals surface area contributed by atoms with E-state index in [0.29, 0.717) is 6.54 Å². The van der Waals surface area contributed by atoms with Crippen LogP contribution >= 0.6 is 0 Å². The lowest BCUT2D eigenvalue weighted by molar-refractivity contribution is 0.447. The van der Waals surface area contributed by atoms with Gasteiger partial charge in [-0.25, -0.2) is 14.4 Å². The zero-order chi connectivity index (χ0) is 13.1. The molecule has 0 spiro atoms. The molecule has 1 aromatic heterocycles. The Labute approximate surface area is 111 Å². The molecule has 1 aromatic carbocycles. The number of benzene rings is 1. The summed E-state index contributed by atoms with van der Waals surface area (Å²) in [5, 5.41) is 3.47. The molecule has 1 atom stereocenters. The van der Waals surface area contributed by atoms with Crippen LogP contribution in [0, 0.1) is 5.82 Å². The van der Waals surface area contributed by atoms with Gasteiger partial charge in [-0.3, -0.25) is 0 Å². The van der Waals surface area contributed by atoms with Gasteiger partial charge in [0, 0.05) is 30.5 Å². The summed E-state index contributed by atoms with van der Waals surface area (Å²) in [6.07, 6.45) is 8.04. The highest BCUT2D eigenvalue weighted by molar-refractivity contribution is 5.33. The van der Waals surface area contributed by atoms with Gasteiger partial charge in [0.2, 0.25) is 0 Å². The Bertz CT molecular complexity index is 557. The Morgan fingerprint density at radius 1 is 1.26 bits per heavy atom. The van der Waals surface area contributed by atoms with Crippen molar-refractivity contribution in [1.29, 1.82) is 0 Å². The summed E-state index contributed by atoms with van der Waals surface area (Å²) >= 11 is 0. The van der Waals surface area contributed by atoms with Gasteiger partial charge in [-0.1, -0.05) is 12.1 Å². The van der Waals surface area contributed by atoms with E-state index in [1.54, 1.807) is 24.5 Å². The summed E-state index contributed by atoms with van der Waals surface area (Å²) in [4.78, 5) is 7.99. The number of halogens is 1. The lowest BCUT2D eigenvalue weighted by Crippen LogP contribution is -2.25. The molecule has 0 saturated heterocycles. The van der Waals surface area contributed by atoms with Gasteiger partial charge in [-0.15, -0.1) is 0 Å². The van der Waals surface area contributed by atoms with Crippen LogP contribution in [-0.4, -0.2) is 9.97 Å². The van der Waals surface area contributed by atoms with E-state index in [2.05, 4.69) is 15.3 Å². The van der Waals surface area contributed by atoms with Crippen LogP contribution in [0.1, 0.15) is 35.6 Å². The molecule has 0 amide bonds. The van der Waals surface area contributed by atoms with Crippen molar-refractivity contribution in [2.45, 2.75) is 31.8 Å². The molecule has 2 aromatic rings. The van der Waals surface area contributed by atoms with E-state index < -0.39 is 0 Å². The predicted molar refractivity (Wildman–Crippen MR) is 71.0 cm³/mol. The molecule has 1 aliphatic carbocycles. The normalized spacial score (nSPS) is 18.1. The Morgan fingerprint density at radius 3 is 2.95 bits per heavy atom. The zero-order valence-corrected chi connectivity index (χ0v) is 10.6. The zero-order valence-electron chi connectivity index (χ0n) is 10.6. The molecule has 1 heterocycles. The number of rotatable bonds is 3. The molecule has 1 aliphatic rings. The van der Waals surface area contributed by atoms with E-state index in [9.17, 15) is 4.39 Å². The van der Waals surface area contributed by atoms with Gasteiger partial charge in [0.25, 0.3) is 0 Å². The van der Waals surface area contributed by atoms with Crippen molar-refractivity contribution in [2.24, 2.45) is 0 Å². The van der Waals surface area contributed by atoms with Crippen molar-refractivity contribution in [3.8, 4) is 0 Å². The third-order valence-electron chi connectivity index (χ3n) is 3.62. The first kappa shape index (κ1) is 12.2. The lowest BCUT2D eigenvalue weighted by Gasteiger charge is -2.26. The van der Waals surface area contributed by atoms with E-state index in [-0.39, 0.29) is 11.9 Å². The maximum atomic E-state index is 13.8. The minimum absolute atomic E-state index is 0.0768. The lowest BCUT2D eigenvalue weighted by atomic mass is 9.87. The number of fused-ring (bicyclic) bond motifs is 1. The van der Waals surface area contributed by atoms with Gasteiger partial charge < -0.3 is 5.32 Å². The topological polar surface area (TPSA) is 37.8 Å². The third kappa shape index (κ3) is 2.63. The second kappa shape index (κ2) is 5.45. The van der Waals surface area contributed by atoms with Crippen molar-refractivity contribution in [3.05, 3.63) is 59.4 Å². The van der Waals surface area contributed by atoms with Crippen LogP contribution in [0.2, 0.25) is 0 Å². The van der Waals surface area contributed by atoms with Gasteiger partial charge in [0.05, 0.1) is 0 Å². The summed E-state index contributed by atoms with van der Waals surface area (Å²) in [5.74, 6) is -0.0768. The maximum absolute atomic E-state index is 13.8. The van der Waals surface area contributed by atoms with Gasteiger partial charge >= 0.3 is 0 Å². The van der Waals surface area contributed by atoms with Gasteiger partial charge in [-0.05, 0) is 36.5 Å². The van der Waals surface area contributed by atoms with Gasteiger partial charge in [0.1, 0.15) is 12.1 Å². The highest BCUT2D eigenvalue weighted by Crippen LogP contribution is 2.31. The van der Waals surface area contributed by atoms with E-state index in [1.165, 1.54) is 6.33 Å². The molecule has 0 saturated carbocycles. The minimum Gasteiger partial charge on any atom is -0.306 e. The number of hydrogen-bond acceptors (Lipinski definition) is 3. The smallest absolute Gasteiger partial charge is 0.126 e. The van der Waals surface area contributed by atoms with Crippen LogP contribution in [-0.2, 0) is 13.0 Å². The van der Waals surface area contributed by atoms with Crippen molar-refractivity contribution in [2.75, 3.05) is 0 Å². The average Bonchev–Trinajstić information content (AvgIpc) is 2.47. The molecule has 98 valence electrons. The fourth-order valence-corrected chi connectivity index (χ4v) is 2.68. The first-order chi connectivity index (χ1) is 9.34. The van der Waals surface area contributed by atoms with Crippen LogP contribution < -0.4 is 5.32 Å². The quantitative estimate of drug-likeness (QED) is 0.918. The second-order valence-corrected chi connectivity index (χ2v) is 4.88. The van der Waals surface area contributed by atoms with Crippen molar-refractivity contribution in [1.82, 2.24) is 15.3 Å². The van der Waals surface area contributed by atoms with Crippen LogP contribution in [0.25, 0.3) is 0 Å². The molecule has 0 bridgehead atoms. The standard InChI is InChI=1S/C15H16FN3/c16-14-5-1-4-13-12(14)3-2-6-15(13)19-9-11-7-17-10-18-8-11/h1,4-5,7-8,10,15,19H,2-3,6,9H2/t15-/m0/s1. The van der Waals surface area contributed by atoms with Crippen LogP contribution in [0.3, 0.4) is 0 Å². The molecule has 0 unspecified atom stereocenters. The Kier molecular flexibility index (Phi) is 3.51. The molecule has 4 heteroatoms. The van der Waals surface area contributed by atoms with Crippen molar-refractivity contribution < 1.29 is 4.39 Å². The van der Waals surface area contributed by atoms with Crippen LogP contribution in [0.4, 0.5) is 4.39 Å². The van der Waals surface area contributed by atoms with Gasteiger partial charge in [0.15, 0.2) is 0 Å². The maximum Gasteiger partial charge on any atom is 0.126 e. The van der Waals surface area contributed by atoms with Crippen molar-refractivity contribution >= 4 is 0 Å². The molecule has 0 fully saturated rings. The Balaban J connectivity index is 1.75. The SMILES string of the molecule is Fc1cccc2c1CCC[C@@H]2NCc1cncnc1. The molecule has 0 radical (unpaired) electrons. The summed E-state index contributed by atoms with van der Waals surface area (Å²) in [6, 6.07) is 5.59. The number of nitrogens with zero attached hydrogens (tertiary/aromatic N) is 2. The second-order valence-electron chi connectivity index (χ2n) is 4.88. The first-order valence-electron chi connectivity index (χ1n) is 6.59. The average molecular weight is 257 g/mol. The fourth-order valence-electron chi connectivity index (χ4n) is 2.68. The molecule has 1 N–H and O–H groups in total. The molecular formula is C15H16FN3. The summed E-state index contributed by atoms with van der Waals surface area (Å²) < 4.78 is 13.8. The predicted octanol–water partition coefficient (Wildman–Crippen LogP) is 2.78. The Hall–Kier alpha value is -1.81. The van der Waals surface area contributed by atoms with E-state index >= 15 is 0 Å². The number of aromatic nitrogens is 2. The number of nitrogens with one attached hydrogen (secondary N) is 1. The number of hydrogen-bond donors (Lipinski definition) is 1. The van der Waals surface area contributed by atoms with E-state index in [4.69, 9.17) is 0 Å². The van der Waals surface area contributed by atoms with E-state index in [1.807, 2.05) is 6.07 Å². The van der Waals surface area contributed by atoms with Gasteiger partial charge in [-0.2, -0.15) is 0 Å². The molecule has 3 nitrogen and oxygen atoms in total. The largest absolute Gasteiger partial charge is 0.306 e. The minimum atomic E-state index is -0.0768. The van der Waals surface area contributed by atoms with E-state index in [0.717, 1.165) is 36.0 Å². The highest BCUT2D eigenvalue weighted by Gasteiger charge is 2.21. The highest BCUT2D eigenvalue weighted by atomic mass is 19.1. The third-order valence-corrected chi connectivity index (χ3v) is 3.62. The molecular weight excluding hydrogens is 241 g/mol. The monoisotopic (exact) mass is 257 g/mol.